The van der Waals surface area contributed by atoms with Crippen molar-refractivity contribution in [2.75, 3.05) is 33.7 Å². The van der Waals surface area contributed by atoms with E-state index in [9.17, 15) is 0 Å². The number of rotatable bonds is 9. The molecule has 1 aromatic heterocycles. The number of methoxy groups -OCH3 is 2. The van der Waals surface area contributed by atoms with Gasteiger partial charge in [-0.15, -0.1) is 11.6 Å². The van der Waals surface area contributed by atoms with Crippen LogP contribution in [0.1, 0.15) is 25.0 Å². The van der Waals surface area contributed by atoms with E-state index in [-0.39, 0.29) is 0 Å². The smallest absolute Gasteiger partial charge is 0.183 e. The van der Waals surface area contributed by atoms with E-state index in [2.05, 4.69) is 16.9 Å². The molecule has 1 rings (SSSR count). The number of nitrogens with zero attached hydrogens (tertiary/aromatic N) is 2. The number of unbranched alkanes of at least 4 members (excludes halogenated alkanes) is 2. The monoisotopic (exact) mass is 286 g/mol. The van der Waals surface area contributed by atoms with Gasteiger partial charge in [0.15, 0.2) is 11.5 Å². The molecule has 1 heterocycles. The van der Waals surface area contributed by atoms with E-state index in [0.29, 0.717) is 0 Å². The summed E-state index contributed by atoms with van der Waals surface area (Å²) in [6.45, 7) is 1.78. The molecule has 0 fully saturated rings. The Morgan fingerprint density at radius 1 is 1.21 bits per heavy atom. The summed E-state index contributed by atoms with van der Waals surface area (Å²) in [5, 5.41) is 0. The highest BCUT2D eigenvalue weighted by Gasteiger charge is 2.12. The molecular weight excluding hydrogens is 264 g/mol. The Morgan fingerprint density at radius 3 is 2.63 bits per heavy atom. The molecular formula is C14H23ClN2O2. The van der Waals surface area contributed by atoms with Gasteiger partial charge in [0.05, 0.1) is 14.2 Å². The van der Waals surface area contributed by atoms with Gasteiger partial charge in [0.25, 0.3) is 0 Å². The standard InChI is InChI=1S/C14H23ClN2O2/c1-17(10-6-4-5-8-15)11-12-14(19-3)13(18-2)7-9-16-12/h7,9H,4-6,8,10-11H2,1-3H3. The van der Waals surface area contributed by atoms with Crippen LogP contribution in [0.3, 0.4) is 0 Å². The first-order valence-corrected chi connectivity index (χ1v) is 7.06. The summed E-state index contributed by atoms with van der Waals surface area (Å²) >= 11 is 5.67. The van der Waals surface area contributed by atoms with Crippen LogP contribution in [0.4, 0.5) is 0 Å². The van der Waals surface area contributed by atoms with E-state index < -0.39 is 0 Å². The minimum absolute atomic E-state index is 0.720. The SMILES string of the molecule is COc1ccnc(CN(C)CCCCCCl)c1OC. The van der Waals surface area contributed by atoms with Gasteiger partial charge in [-0.2, -0.15) is 0 Å². The minimum Gasteiger partial charge on any atom is -0.493 e. The molecule has 19 heavy (non-hydrogen) atoms. The predicted octanol–water partition coefficient (Wildman–Crippen LogP) is 2.94. The lowest BCUT2D eigenvalue weighted by Gasteiger charge is -2.18. The van der Waals surface area contributed by atoms with Crippen LogP contribution in [-0.2, 0) is 6.54 Å². The topological polar surface area (TPSA) is 34.6 Å². The maximum absolute atomic E-state index is 5.67. The van der Waals surface area contributed by atoms with Crippen LogP contribution in [0.5, 0.6) is 11.5 Å². The van der Waals surface area contributed by atoms with Crippen molar-refractivity contribution < 1.29 is 9.47 Å². The number of hydrogen-bond donors (Lipinski definition) is 0. The average Bonchev–Trinajstić information content (AvgIpc) is 2.43. The van der Waals surface area contributed by atoms with Crippen LogP contribution in [0, 0.1) is 0 Å². The summed E-state index contributed by atoms with van der Waals surface area (Å²) in [6, 6.07) is 1.81. The fourth-order valence-electron chi connectivity index (χ4n) is 1.95. The van der Waals surface area contributed by atoms with Crippen molar-refractivity contribution in [3.63, 3.8) is 0 Å². The van der Waals surface area contributed by atoms with Gasteiger partial charge in [0.1, 0.15) is 5.69 Å². The molecule has 5 heteroatoms. The molecule has 0 aliphatic heterocycles. The van der Waals surface area contributed by atoms with Gasteiger partial charge in [-0.1, -0.05) is 6.42 Å². The van der Waals surface area contributed by atoms with Crippen molar-refractivity contribution in [2.45, 2.75) is 25.8 Å². The molecule has 4 nitrogen and oxygen atoms in total. The van der Waals surface area contributed by atoms with Gasteiger partial charge in [0.2, 0.25) is 0 Å². The molecule has 0 amide bonds. The lowest BCUT2D eigenvalue weighted by Crippen LogP contribution is -2.20. The molecule has 0 aliphatic carbocycles. The maximum atomic E-state index is 5.67. The lowest BCUT2D eigenvalue weighted by atomic mass is 10.2. The fourth-order valence-corrected chi connectivity index (χ4v) is 2.14. The van der Waals surface area contributed by atoms with Gasteiger partial charge >= 0.3 is 0 Å². The van der Waals surface area contributed by atoms with Crippen LogP contribution in [0.25, 0.3) is 0 Å². The van der Waals surface area contributed by atoms with E-state index in [1.807, 2.05) is 6.07 Å². The Bertz CT molecular complexity index is 374. The third-order valence-electron chi connectivity index (χ3n) is 2.96. The van der Waals surface area contributed by atoms with Gasteiger partial charge in [0, 0.05) is 24.7 Å². The Labute approximate surface area is 120 Å². The summed E-state index contributed by atoms with van der Waals surface area (Å²) in [6.07, 6.45) is 5.14. The highest BCUT2D eigenvalue weighted by molar-refractivity contribution is 6.17. The zero-order chi connectivity index (χ0) is 14.1. The van der Waals surface area contributed by atoms with Gasteiger partial charge in [-0.25, -0.2) is 0 Å². The first-order valence-electron chi connectivity index (χ1n) is 6.53. The van der Waals surface area contributed by atoms with Gasteiger partial charge < -0.3 is 14.4 Å². The third kappa shape index (κ3) is 5.25. The lowest BCUT2D eigenvalue weighted by molar-refractivity contribution is 0.298. The largest absolute Gasteiger partial charge is 0.493 e. The molecule has 0 saturated heterocycles. The molecule has 0 aromatic carbocycles. The summed E-state index contributed by atoms with van der Waals surface area (Å²) < 4.78 is 10.7. The van der Waals surface area contributed by atoms with E-state index >= 15 is 0 Å². The van der Waals surface area contributed by atoms with Gasteiger partial charge in [-0.3, -0.25) is 4.98 Å². The zero-order valence-electron chi connectivity index (χ0n) is 12.0. The van der Waals surface area contributed by atoms with E-state index in [0.717, 1.165) is 55.4 Å². The molecule has 0 N–H and O–H groups in total. The molecule has 1 aromatic rings. The second-order valence-corrected chi connectivity index (χ2v) is 4.86. The predicted molar refractivity (Wildman–Crippen MR) is 78.2 cm³/mol. The van der Waals surface area contributed by atoms with Crippen LogP contribution in [0.15, 0.2) is 12.3 Å². The molecule has 0 radical (unpaired) electrons. The van der Waals surface area contributed by atoms with Crippen molar-refractivity contribution in [1.29, 1.82) is 0 Å². The summed E-state index contributed by atoms with van der Waals surface area (Å²) in [7, 11) is 5.36. The van der Waals surface area contributed by atoms with Crippen molar-refractivity contribution in [2.24, 2.45) is 0 Å². The normalized spacial score (nSPS) is 10.8. The van der Waals surface area contributed by atoms with Crippen LogP contribution < -0.4 is 9.47 Å². The molecule has 0 bridgehead atoms. The average molecular weight is 287 g/mol. The molecule has 0 unspecified atom stereocenters. The maximum Gasteiger partial charge on any atom is 0.183 e. The van der Waals surface area contributed by atoms with Crippen molar-refractivity contribution in [3.8, 4) is 11.5 Å². The fraction of sp³-hybridized carbons (Fsp3) is 0.643. The highest BCUT2D eigenvalue weighted by Crippen LogP contribution is 2.29. The second-order valence-electron chi connectivity index (χ2n) is 4.48. The Balaban J connectivity index is 2.56. The summed E-state index contributed by atoms with van der Waals surface area (Å²) in [5.74, 6) is 2.19. The summed E-state index contributed by atoms with van der Waals surface area (Å²) in [4.78, 5) is 6.61. The van der Waals surface area contributed by atoms with E-state index in [1.54, 1.807) is 20.4 Å². The third-order valence-corrected chi connectivity index (χ3v) is 3.23. The van der Waals surface area contributed by atoms with Crippen molar-refractivity contribution in [3.05, 3.63) is 18.0 Å². The molecule has 0 aliphatic rings. The second kappa shape index (κ2) is 8.99. The molecule has 0 saturated carbocycles. The van der Waals surface area contributed by atoms with Crippen molar-refractivity contribution >= 4 is 11.6 Å². The number of ether oxygens (including phenoxy) is 2. The number of hydrogen-bond acceptors (Lipinski definition) is 4. The van der Waals surface area contributed by atoms with E-state index in [4.69, 9.17) is 21.1 Å². The Hall–Kier alpha value is -1.00. The van der Waals surface area contributed by atoms with Crippen LogP contribution in [-0.4, -0.2) is 43.6 Å². The number of halogens is 1. The molecule has 0 atom stereocenters. The van der Waals surface area contributed by atoms with Gasteiger partial charge in [-0.05, 0) is 26.4 Å². The van der Waals surface area contributed by atoms with Crippen molar-refractivity contribution in [1.82, 2.24) is 9.88 Å². The quantitative estimate of drug-likeness (QED) is 0.516. The first kappa shape index (κ1) is 16.1. The van der Waals surface area contributed by atoms with E-state index in [1.165, 1.54) is 0 Å². The number of pyridine rings is 1. The first-order chi connectivity index (χ1) is 9.22. The summed E-state index contributed by atoms with van der Waals surface area (Å²) in [5.41, 5.74) is 0.904. The number of aromatic nitrogens is 1. The highest BCUT2D eigenvalue weighted by atomic mass is 35.5. The number of alkyl halides is 1. The molecule has 108 valence electrons. The Morgan fingerprint density at radius 2 is 2.00 bits per heavy atom. The minimum atomic E-state index is 0.720. The molecule has 0 spiro atoms. The zero-order valence-corrected chi connectivity index (χ0v) is 12.7. The van der Waals surface area contributed by atoms with Crippen LogP contribution in [0.2, 0.25) is 0 Å². The van der Waals surface area contributed by atoms with Crippen LogP contribution >= 0.6 is 11.6 Å². The Kier molecular flexibility index (Phi) is 7.60.